The van der Waals surface area contributed by atoms with Crippen molar-refractivity contribution in [2.45, 2.75) is 58.3 Å². The minimum atomic E-state index is -0.618. The lowest BCUT2D eigenvalue weighted by Crippen LogP contribution is -2.26. The predicted molar refractivity (Wildman–Crippen MR) is 120 cm³/mol. The highest BCUT2D eigenvalue weighted by atomic mass is 35.5. The van der Waals surface area contributed by atoms with Gasteiger partial charge in [-0.25, -0.2) is 0 Å². The number of rotatable bonds is 10. The molecule has 0 heterocycles. The summed E-state index contributed by atoms with van der Waals surface area (Å²) in [5.74, 6) is 0.223. The Morgan fingerprint density at radius 2 is 1.61 bits per heavy atom. The van der Waals surface area contributed by atoms with Gasteiger partial charge in [0.1, 0.15) is 11.1 Å². The summed E-state index contributed by atoms with van der Waals surface area (Å²) in [5, 5.41) is -0.618. The lowest BCUT2D eigenvalue weighted by molar-refractivity contribution is -0.134. The minimum absolute atomic E-state index is 0.0904. The molecule has 0 aliphatic rings. The summed E-state index contributed by atoms with van der Waals surface area (Å²) >= 11 is 6.15. The predicted octanol–water partition coefficient (Wildman–Crippen LogP) is 7.51. The smallest absolute Gasteiger partial charge is 0.329 e. The van der Waals surface area contributed by atoms with Gasteiger partial charge in [-0.3, -0.25) is 4.79 Å². The SMILES string of the molecule is CCCCCC=Cc1ccc(-c2ccc(OC(=O)C(Cl)C(C)CC)cc2)cc1. The summed E-state index contributed by atoms with van der Waals surface area (Å²) in [5.41, 5.74) is 3.43. The number of allylic oxidation sites excluding steroid dienone is 1. The van der Waals surface area contributed by atoms with Crippen LogP contribution in [-0.2, 0) is 4.79 Å². The average Bonchev–Trinajstić information content (AvgIpc) is 2.73. The third-order valence-electron chi connectivity index (χ3n) is 4.97. The molecule has 0 aromatic heterocycles. The Morgan fingerprint density at radius 3 is 2.18 bits per heavy atom. The fourth-order valence-corrected chi connectivity index (χ4v) is 3.07. The van der Waals surface area contributed by atoms with E-state index < -0.39 is 5.38 Å². The van der Waals surface area contributed by atoms with Gasteiger partial charge in [-0.2, -0.15) is 0 Å². The van der Waals surface area contributed by atoms with E-state index in [0.29, 0.717) is 5.75 Å². The highest BCUT2D eigenvalue weighted by Gasteiger charge is 2.23. The van der Waals surface area contributed by atoms with Gasteiger partial charge in [0.2, 0.25) is 0 Å². The van der Waals surface area contributed by atoms with E-state index in [2.05, 4.69) is 43.3 Å². The van der Waals surface area contributed by atoms with Crippen molar-refractivity contribution in [2.24, 2.45) is 5.92 Å². The summed E-state index contributed by atoms with van der Waals surface area (Å²) in [6, 6.07) is 16.0. The van der Waals surface area contributed by atoms with Crippen molar-refractivity contribution in [2.75, 3.05) is 0 Å². The van der Waals surface area contributed by atoms with E-state index in [1.165, 1.54) is 24.8 Å². The number of hydrogen-bond donors (Lipinski definition) is 0. The summed E-state index contributed by atoms with van der Waals surface area (Å²) in [4.78, 5) is 12.1. The van der Waals surface area contributed by atoms with E-state index >= 15 is 0 Å². The Bertz CT molecular complexity index is 747. The van der Waals surface area contributed by atoms with Crippen molar-refractivity contribution in [1.82, 2.24) is 0 Å². The molecule has 2 aromatic rings. The van der Waals surface area contributed by atoms with Crippen molar-refractivity contribution in [3.05, 3.63) is 60.2 Å². The van der Waals surface area contributed by atoms with Crippen LogP contribution in [0.25, 0.3) is 17.2 Å². The second kappa shape index (κ2) is 11.7. The van der Waals surface area contributed by atoms with Gasteiger partial charge in [0.15, 0.2) is 0 Å². The number of unbranched alkanes of at least 4 members (excludes halogenated alkanes) is 3. The van der Waals surface area contributed by atoms with Crippen LogP contribution in [0.15, 0.2) is 54.6 Å². The van der Waals surface area contributed by atoms with Gasteiger partial charge >= 0.3 is 5.97 Å². The monoisotopic (exact) mass is 398 g/mol. The Kier molecular flexibility index (Phi) is 9.30. The molecular weight excluding hydrogens is 368 g/mol. The van der Waals surface area contributed by atoms with Crippen LogP contribution in [0.3, 0.4) is 0 Å². The lowest BCUT2D eigenvalue weighted by atomic mass is 10.0. The highest BCUT2D eigenvalue weighted by Crippen LogP contribution is 2.24. The molecule has 3 heteroatoms. The molecule has 28 heavy (non-hydrogen) atoms. The number of carbonyl (C=O) groups is 1. The molecule has 0 amide bonds. The number of esters is 1. The first-order valence-corrected chi connectivity index (χ1v) is 10.7. The normalized spacial score (nSPS) is 13.4. The van der Waals surface area contributed by atoms with E-state index in [1.807, 2.05) is 38.1 Å². The molecule has 0 aliphatic carbocycles. The minimum Gasteiger partial charge on any atom is -0.425 e. The van der Waals surface area contributed by atoms with E-state index in [4.69, 9.17) is 16.3 Å². The molecular formula is C25H31ClO2. The fraction of sp³-hybridized carbons (Fsp3) is 0.400. The van der Waals surface area contributed by atoms with E-state index in [1.54, 1.807) is 0 Å². The molecule has 0 saturated heterocycles. The summed E-state index contributed by atoms with van der Waals surface area (Å²) in [6.45, 7) is 6.18. The first kappa shape index (κ1) is 22.2. The molecule has 0 radical (unpaired) electrons. The molecule has 2 unspecified atom stereocenters. The van der Waals surface area contributed by atoms with Crippen LogP contribution in [0.4, 0.5) is 0 Å². The van der Waals surface area contributed by atoms with Crippen molar-refractivity contribution in [3.63, 3.8) is 0 Å². The molecule has 0 fully saturated rings. The van der Waals surface area contributed by atoms with Crippen LogP contribution < -0.4 is 4.74 Å². The number of alkyl halides is 1. The lowest BCUT2D eigenvalue weighted by Gasteiger charge is -2.15. The van der Waals surface area contributed by atoms with Crippen molar-refractivity contribution in [3.8, 4) is 16.9 Å². The zero-order chi connectivity index (χ0) is 20.4. The summed E-state index contributed by atoms with van der Waals surface area (Å²) in [7, 11) is 0. The highest BCUT2D eigenvalue weighted by molar-refractivity contribution is 6.30. The van der Waals surface area contributed by atoms with Crippen molar-refractivity contribution in [1.29, 1.82) is 0 Å². The van der Waals surface area contributed by atoms with Gasteiger partial charge < -0.3 is 4.74 Å². The Labute approximate surface area is 174 Å². The number of hydrogen-bond acceptors (Lipinski definition) is 2. The average molecular weight is 399 g/mol. The van der Waals surface area contributed by atoms with Crippen LogP contribution in [-0.4, -0.2) is 11.3 Å². The van der Waals surface area contributed by atoms with Gasteiger partial charge in [0.05, 0.1) is 0 Å². The maximum absolute atomic E-state index is 12.1. The summed E-state index contributed by atoms with van der Waals surface area (Å²) < 4.78 is 5.40. The maximum Gasteiger partial charge on any atom is 0.329 e. The quantitative estimate of drug-likeness (QED) is 0.179. The Hall–Kier alpha value is -2.06. The molecule has 2 rings (SSSR count). The van der Waals surface area contributed by atoms with Gasteiger partial charge in [-0.05, 0) is 47.6 Å². The zero-order valence-electron chi connectivity index (χ0n) is 17.2. The molecule has 0 aliphatic heterocycles. The molecule has 0 saturated carbocycles. The largest absolute Gasteiger partial charge is 0.425 e. The van der Waals surface area contributed by atoms with Gasteiger partial charge in [0.25, 0.3) is 0 Å². The number of halogens is 1. The van der Waals surface area contributed by atoms with Crippen LogP contribution in [0.2, 0.25) is 0 Å². The van der Waals surface area contributed by atoms with E-state index in [0.717, 1.165) is 24.0 Å². The van der Waals surface area contributed by atoms with Gasteiger partial charge in [-0.1, -0.05) is 88.6 Å². The van der Waals surface area contributed by atoms with Crippen molar-refractivity contribution >= 4 is 23.6 Å². The van der Waals surface area contributed by atoms with Gasteiger partial charge in [0, 0.05) is 0 Å². The molecule has 0 bridgehead atoms. The van der Waals surface area contributed by atoms with Crippen LogP contribution in [0.1, 0.15) is 58.4 Å². The molecule has 2 nitrogen and oxygen atoms in total. The maximum atomic E-state index is 12.1. The topological polar surface area (TPSA) is 26.3 Å². The van der Waals surface area contributed by atoms with Crippen LogP contribution in [0, 0.1) is 5.92 Å². The number of ether oxygens (including phenoxy) is 1. The molecule has 2 atom stereocenters. The Balaban J connectivity index is 1.95. The first-order chi connectivity index (χ1) is 13.5. The third kappa shape index (κ3) is 6.83. The third-order valence-corrected chi connectivity index (χ3v) is 5.58. The van der Waals surface area contributed by atoms with E-state index in [9.17, 15) is 4.79 Å². The molecule has 0 spiro atoms. The molecule has 150 valence electrons. The van der Waals surface area contributed by atoms with E-state index in [-0.39, 0.29) is 11.9 Å². The molecule has 2 aromatic carbocycles. The second-order valence-corrected chi connectivity index (χ2v) is 7.72. The van der Waals surface area contributed by atoms with Gasteiger partial charge in [-0.15, -0.1) is 11.6 Å². The van der Waals surface area contributed by atoms with Crippen LogP contribution >= 0.6 is 11.6 Å². The standard InChI is InChI=1S/C25H31ClO2/c1-4-6-7-8-9-10-20-11-13-21(14-12-20)22-15-17-23(18-16-22)28-25(27)24(26)19(3)5-2/h9-19,24H,4-8H2,1-3H3. The first-order valence-electron chi connectivity index (χ1n) is 10.3. The van der Waals surface area contributed by atoms with Crippen LogP contribution in [0.5, 0.6) is 5.75 Å². The number of carbonyl (C=O) groups excluding carboxylic acids is 1. The molecule has 0 N–H and O–H groups in total. The number of benzene rings is 2. The zero-order valence-corrected chi connectivity index (χ0v) is 17.9. The summed E-state index contributed by atoms with van der Waals surface area (Å²) in [6.07, 6.45) is 10.2. The van der Waals surface area contributed by atoms with Crippen molar-refractivity contribution < 1.29 is 9.53 Å². The second-order valence-electron chi connectivity index (χ2n) is 7.25. The fourth-order valence-electron chi connectivity index (χ4n) is 2.85. The Morgan fingerprint density at radius 1 is 1.00 bits per heavy atom.